The van der Waals surface area contributed by atoms with E-state index >= 15 is 0 Å². The third-order valence-corrected chi connectivity index (χ3v) is 3.35. The molecule has 2 atom stereocenters. The molecule has 72 valence electrons. The van der Waals surface area contributed by atoms with Crippen LogP contribution in [0.15, 0.2) is 0 Å². The number of nitrogens with one attached hydrogen (secondary N) is 1. The van der Waals surface area contributed by atoms with E-state index < -0.39 is 10.0 Å². The van der Waals surface area contributed by atoms with E-state index in [2.05, 4.69) is 18.6 Å². The fourth-order valence-corrected chi connectivity index (χ4v) is 2.88. The zero-order chi connectivity index (χ0) is 9.35. The molecule has 0 heterocycles. The Morgan fingerprint density at radius 3 is 1.92 bits per heavy atom. The lowest BCUT2D eigenvalue weighted by Crippen LogP contribution is -2.39. The first kappa shape index (κ1) is 9.99. The van der Waals surface area contributed by atoms with Crippen molar-refractivity contribution >= 4 is 10.0 Å². The minimum Gasteiger partial charge on any atom is -0.213 e. The average molecular weight is 191 g/mol. The van der Waals surface area contributed by atoms with Crippen molar-refractivity contribution in [1.82, 2.24) is 4.72 Å². The number of rotatable bonds is 2. The van der Waals surface area contributed by atoms with Gasteiger partial charge in [0.15, 0.2) is 0 Å². The summed E-state index contributed by atoms with van der Waals surface area (Å²) in [5.41, 5.74) is 0. The van der Waals surface area contributed by atoms with E-state index in [0.29, 0.717) is 11.8 Å². The first-order valence-corrected chi connectivity index (χ1v) is 6.26. The molecule has 1 N–H and O–H groups in total. The van der Waals surface area contributed by atoms with Crippen molar-refractivity contribution in [2.45, 2.75) is 32.7 Å². The van der Waals surface area contributed by atoms with Crippen LogP contribution in [0.25, 0.3) is 0 Å². The Labute approximate surface area is 74.6 Å². The first-order valence-electron chi connectivity index (χ1n) is 4.37. The average Bonchev–Trinajstić information content (AvgIpc) is 2.16. The molecule has 12 heavy (non-hydrogen) atoms. The lowest BCUT2D eigenvalue weighted by atomic mass is 10.0. The molecule has 1 saturated carbocycles. The van der Waals surface area contributed by atoms with Gasteiger partial charge in [0.05, 0.1) is 6.26 Å². The molecular formula is C8H17NO2S. The van der Waals surface area contributed by atoms with E-state index in [4.69, 9.17) is 0 Å². The Hall–Kier alpha value is -0.0900. The molecule has 0 aromatic rings. The highest BCUT2D eigenvalue weighted by Crippen LogP contribution is 2.30. The number of sulfonamides is 1. The molecule has 2 unspecified atom stereocenters. The summed E-state index contributed by atoms with van der Waals surface area (Å²) in [6, 6.07) is 0.153. The van der Waals surface area contributed by atoms with Crippen LogP contribution in [0.4, 0.5) is 0 Å². The summed E-state index contributed by atoms with van der Waals surface area (Å²) in [6.45, 7) is 4.21. The third kappa shape index (κ3) is 2.45. The molecule has 0 aromatic carbocycles. The van der Waals surface area contributed by atoms with E-state index in [1.807, 2.05) is 0 Å². The highest BCUT2D eigenvalue weighted by molar-refractivity contribution is 7.88. The molecule has 0 bridgehead atoms. The fraction of sp³-hybridized carbons (Fsp3) is 1.00. The second kappa shape index (κ2) is 3.34. The zero-order valence-electron chi connectivity index (χ0n) is 7.87. The first-order chi connectivity index (χ1) is 5.40. The normalized spacial score (nSPS) is 37.1. The summed E-state index contributed by atoms with van der Waals surface area (Å²) >= 11 is 0. The van der Waals surface area contributed by atoms with Crippen molar-refractivity contribution in [3.8, 4) is 0 Å². The Morgan fingerprint density at radius 2 is 1.58 bits per heavy atom. The Kier molecular flexibility index (Phi) is 2.78. The van der Waals surface area contributed by atoms with Crippen LogP contribution in [-0.4, -0.2) is 20.7 Å². The maximum absolute atomic E-state index is 11.0. The van der Waals surface area contributed by atoms with Gasteiger partial charge in [-0.05, 0) is 24.7 Å². The molecule has 1 fully saturated rings. The van der Waals surface area contributed by atoms with Crippen LogP contribution in [-0.2, 0) is 10.0 Å². The second-order valence-electron chi connectivity index (χ2n) is 3.95. The van der Waals surface area contributed by atoms with Crippen LogP contribution in [0.5, 0.6) is 0 Å². The van der Waals surface area contributed by atoms with Gasteiger partial charge in [-0.15, -0.1) is 0 Å². The van der Waals surface area contributed by atoms with Crippen LogP contribution < -0.4 is 4.72 Å². The molecule has 0 amide bonds. The molecule has 0 aliphatic heterocycles. The number of hydrogen-bond donors (Lipinski definition) is 1. The molecular weight excluding hydrogens is 174 g/mol. The monoisotopic (exact) mass is 191 g/mol. The summed E-state index contributed by atoms with van der Waals surface area (Å²) < 4.78 is 24.6. The largest absolute Gasteiger partial charge is 0.213 e. The maximum atomic E-state index is 11.0. The lowest BCUT2D eigenvalue weighted by molar-refractivity contribution is 0.416. The quantitative estimate of drug-likeness (QED) is 0.707. The van der Waals surface area contributed by atoms with Gasteiger partial charge in [-0.3, -0.25) is 0 Å². The number of hydrogen-bond acceptors (Lipinski definition) is 2. The highest BCUT2D eigenvalue weighted by atomic mass is 32.2. The SMILES string of the molecule is CC1CCC(C)C1NS(C)(=O)=O. The van der Waals surface area contributed by atoms with Gasteiger partial charge in [-0.2, -0.15) is 0 Å². The van der Waals surface area contributed by atoms with E-state index in [1.165, 1.54) is 6.26 Å². The Bertz CT molecular complexity index is 238. The van der Waals surface area contributed by atoms with Crippen LogP contribution in [0, 0.1) is 11.8 Å². The molecule has 4 heteroatoms. The van der Waals surface area contributed by atoms with Gasteiger partial charge >= 0.3 is 0 Å². The van der Waals surface area contributed by atoms with Gasteiger partial charge in [-0.25, -0.2) is 13.1 Å². The maximum Gasteiger partial charge on any atom is 0.208 e. The molecule has 0 saturated heterocycles. The van der Waals surface area contributed by atoms with Gasteiger partial charge < -0.3 is 0 Å². The van der Waals surface area contributed by atoms with Gasteiger partial charge in [0, 0.05) is 6.04 Å². The van der Waals surface area contributed by atoms with Crippen molar-refractivity contribution in [1.29, 1.82) is 0 Å². The molecule has 0 radical (unpaired) electrons. The van der Waals surface area contributed by atoms with E-state index in [1.54, 1.807) is 0 Å². The van der Waals surface area contributed by atoms with E-state index in [9.17, 15) is 8.42 Å². The predicted molar refractivity (Wildman–Crippen MR) is 49.3 cm³/mol. The summed E-state index contributed by atoms with van der Waals surface area (Å²) in [5, 5.41) is 0. The topological polar surface area (TPSA) is 46.2 Å². The van der Waals surface area contributed by atoms with E-state index in [-0.39, 0.29) is 6.04 Å². The molecule has 0 spiro atoms. The second-order valence-corrected chi connectivity index (χ2v) is 5.73. The molecule has 1 aliphatic carbocycles. The fourth-order valence-electron chi connectivity index (χ4n) is 1.93. The van der Waals surface area contributed by atoms with Crippen molar-refractivity contribution < 1.29 is 8.42 Å². The smallest absolute Gasteiger partial charge is 0.208 e. The van der Waals surface area contributed by atoms with E-state index in [0.717, 1.165) is 12.8 Å². The molecule has 1 aliphatic rings. The van der Waals surface area contributed by atoms with Crippen molar-refractivity contribution in [3.05, 3.63) is 0 Å². The van der Waals surface area contributed by atoms with Crippen LogP contribution in [0.3, 0.4) is 0 Å². The predicted octanol–water partition coefficient (Wildman–Crippen LogP) is 0.970. The van der Waals surface area contributed by atoms with Crippen LogP contribution in [0.1, 0.15) is 26.7 Å². The van der Waals surface area contributed by atoms with Crippen molar-refractivity contribution in [2.75, 3.05) is 6.26 Å². The summed E-state index contributed by atoms with van der Waals surface area (Å²) in [7, 11) is -3.02. The highest BCUT2D eigenvalue weighted by Gasteiger charge is 2.31. The van der Waals surface area contributed by atoms with Gasteiger partial charge in [0.25, 0.3) is 0 Å². The molecule has 3 nitrogen and oxygen atoms in total. The van der Waals surface area contributed by atoms with Crippen molar-refractivity contribution in [3.63, 3.8) is 0 Å². The van der Waals surface area contributed by atoms with Gasteiger partial charge in [-0.1, -0.05) is 13.8 Å². The van der Waals surface area contributed by atoms with Gasteiger partial charge in [0.1, 0.15) is 0 Å². The van der Waals surface area contributed by atoms with Crippen LogP contribution in [0.2, 0.25) is 0 Å². The van der Waals surface area contributed by atoms with Crippen LogP contribution >= 0.6 is 0 Å². The lowest BCUT2D eigenvalue weighted by Gasteiger charge is -2.19. The molecule has 0 aromatic heterocycles. The zero-order valence-corrected chi connectivity index (χ0v) is 8.69. The van der Waals surface area contributed by atoms with Gasteiger partial charge in [0.2, 0.25) is 10.0 Å². The summed E-state index contributed by atoms with van der Waals surface area (Å²) in [4.78, 5) is 0. The summed E-state index contributed by atoms with van der Waals surface area (Å²) in [5.74, 6) is 0.962. The Morgan fingerprint density at radius 1 is 1.17 bits per heavy atom. The van der Waals surface area contributed by atoms with Crippen molar-refractivity contribution in [2.24, 2.45) is 11.8 Å². The minimum absolute atomic E-state index is 0.153. The third-order valence-electron chi connectivity index (χ3n) is 2.65. The minimum atomic E-state index is -3.02. The Balaban J connectivity index is 2.62. The molecule has 1 rings (SSSR count). The summed E-state index contributed by atoms with van der Waals surface area (Å²) in [6.07, 6.45) is 3.49. The standard InChI is InChI=1S/C8H17NO2S/c1-6-4-5-7(2)8(6)9-12(3,10)11/h6-9H,4-5H2,1-3H3.